The smallest absolute Gasteiger partial charge is 0.368 e. The van der Waals surface area contributed by atoms with Gasteiger partial charge in [-0.25, -0.2) is 9.18 Å². The van der Waals surface area contributed by atoms with Gasteiger partial charge in [-0.1, -0.05) is 0 Å². The predicted octanol–water partition coefficient (Wildman–Crippen LogP) is 1.43. The van der Waals surface area contributed by atoms with Crippen LogP contribution in [0.25, 0.3) is 0 Å². The maximum atomic E-state index is 13.0. The Balaban J connectivity index is 2.14. The highest BCUT2D eigenvalue weighted by Gasteiger charge is 2.22. The first-order valence-electron chi connectivity index (χ1n) is 5.28. The van der Waals surface area contributed by atoms with Gasteiger partial charge in [-0.15, -0.1) is 0 Å². The lowest BCUT2D eigenvalue weighted by molar-refractivity contribution is -0.174. The lowest BCUT2D eigenvalue weighted by atomic mass is 10.1. The van der Waals surface area contributed by atoms with E-state index in [1.54, 1.807) is 6.92 Å². The minimum Gasteiger partial charge on any atom is -0.462 e. The van der Waals surface area contributed by atoms with E-state index in [1.165, 1.54) is 0 Å². The molecule has 1 aliphatic heterocycles. The molecule has 0 radical (unpaired) electrons. The van der Waals surface area contributed by atoms with E-state index in [1.807, 2.05) is 0 Å². The van der Waals surface area contributed by atoms with Crippen molar-refractivity contribution in [2.75, 3.05) is 19.8 Å². The van der Waals surface area contributed by atoms with Gasteiger partial charge >= 0.3 is 5.97 Å². The third kappa shape index (κ3) is 4.57. The van der Waals surface area contributed by atoms with Crippen molar-refractivity contribution in [1.29, 1.82) is 0 Å². The first kappa shape index (κ1) is 12.4. The van der Waals surface area contributed by atoms with E-state index < -0.39 is 12.3 Å². The Labute approximate surface area is 88.7 Å². The number of rotatable bonds is 5. The number of carbonyl (C=O) groups excluding carboxylic acids is 1. The fourth-order valence-electron chi connectivity index (χ4n) is 1.41. The van der Waals surface area contributed by atoms with Gasteiger partial charge in [0.05, 0.1) is 19.3 Å². The molecule has 1 saturated heterocycles. The molecule has 1 heterocycles. The molecule has 15 heavy (non-hydrogen) atoms. The lowest BCUT2D eigenvalue weighted by Crippen LogP contribution is -2.29. The summed E-state index contributed by atoms with van der Waals surface area (Å²) in [6, 6.07) is 0. The molecule has 0 aromatic rings. The predicted molar refractivity (Wildman–Crippen MR) is 51.1 cm³/mol. The van der Waals surface area contributed by atoms with E-state index in [0.717, 1.165) is 19.3 Å². The van der Waals surface area contributed by atoms with Gasteiger partial charge in [0, 0.05) is 6.61 Å². The molecule has 0 amide bonds. The van der Waals surface area contributed by atoms with Crippen LogP contribution in [0.1, 0.15) is 26.2 Å². The molecule has 2 atom stereocenters. The van der Waals surface area contributed by atoms with E-state index in [9.17, 15) is 9.18 Å². The molecule has 1 rings (SSSR count). The molecule has 0 bridgehead atoms. The number of hydrogen-bond acceptors (Lipinski definition) is 4. The third-order valence-electron chi connectivity index (χ3n) is 2.17. The first-order chi connectivity index (χ1) is 7.24. The fraction of sp³-hybridized carbons (Fsp3) is 0.900. The molecule has 88 valence electrons. The molecule has 1 fully saturated rings. The lowest BCUT2D eigenvalue weighted by Gasteiger charge is -2.22. The average molecular weight is 220 g/mol. The van der Waals surface area contributed by atoms with Crippen LogP contribution in [0.3, 0.4) is 0 Å². The second kappa shape index (κ2) is 6.74. The molecular formula is C10H17FO4. The minimum absolute atomic E-state index is 0.0913. The van der Waals surface area contributed by atoms with Gasteiger partial charge in [-0.2, -0.15) is 0 Å². The van der Waals surface area contributed by atoms with Crippen molar-refractivity contribution >= 4 is 5.97 Å². The first-order valence-corrected chi connectivity index (χ1v) is 5.28. The summed E-state index contributed by atoms with van der Waals surface area (Å²) in [6.45, 7) is 2.57. The second-order valence-electron chi connectivity index (χ2n) is 3.39. The van der Waals surface area contributed by atoms with Crippen LogP contribution in [0.4, 0.5) is 4.39 Å². The molecule has 0 N–H and O–H groups in total. The number of hydrogen-bond donors (Lipinski definition) is 0. The maximum absolute atomic E-state index is 13.0. The second-order valence-corrected chi connectivity index (χ2v) is 3.39. The van der Waals surface area contributed by atoms with Crippen LogP contribution >= 0.6 is 0 Å². The van der Waals surface area contributed by atoms with Gasteiger partial charge in [0.1, 0.15) is 0 Å². The highest BCUT2D eigenvalue weighted by molar-refractivity contribution is 5.72. The molecule has 4 nitrogen and oxygen atoms in total. The third-order valence-corrected chi connectivity index (χ3v) is 2.17. The van der Waals surface area contributed by atoms with Gasteiger partial charge in [0.25, 0.3) is 6.36 Å². The van der Waals surface area contributed by atoms with E-state index in [-0.39, 0.29) is 19.3 Å². The summed E-state index contributed by atoms with van der Waals surface area (Å²) in [6.07, 6.45) is 0.870. The normalized spacial score (nSPS) is 23.5. The molecular weight excluding hydrogens is 203 g/mol. The van der Waals surface area contributed by atoms with E-state index in [2.05, 4.69) is 4.74 Å². The standard InChI is InChI=1S/C10H17FO4/c1-2-13-10(12)9(11)15-7-8-5-3-4-6-14-8/h8-9H,2-7H2,1H3. The highest BCUT2D eigenvalue weighted by atomic mass is 19.1. The summed E-state index contributed by atoms with van der Waals surface area (Å²) in [5.41, 5.74) is 0. The Hall–Kier alpha value is -0.680. The Morgan fingerprint density at radius 2 is 2.40 bits per heavy atom. The monoisotopic (exact) mass is 220 g/mol. The number of alkyl halides is 1. The average Bonchev–Trinajstić information content (AvgIpc) is 2.27. The van der Waals surface area contributed by atoms with Crippen molar-refractivity contribution in [2.45, 2.75) is 38.6 Å². The van der Waals surface area contributed by atoms with Crippen molar-refractivity contribution in [1.82, 2.24) is 0 Å². The van der Waals surface area contributed by atoms with Crippen LogP contribution in [0.5, 0.6) is 0 Å². The van der Waals surface area contributed by atoms with Crippen LogP contribution in [-0.2, 0) is 19.0 Å². The summed E-state index contributed by atoms with van der Waals surface area (Å²) in [7, 11) is 0. The van der Waals surface area contributed by atoms with E-state index in [4.69, 9.17) is 9.47 Å². The van der Waals surface area contributed by atoms with Crippen LogP contribution in [0, 0.1) is 0 Å². The number of esters is 1. The largest absolute Gasteiger partial charge is 0.462 e. The molecule has 0 aromatic heterocycles. The topological polar surface area (TPSA) is 44.8 Å². The highest BCUT2D eigenvalue weighted by Crippen LogP contribution is 2.13. The zero-order valence-electron chi connectivity index (χ0n) is 8.91. The van der Waals surface area contributed by atoms with Crippen LogP contribution in [-0.4, -0.2) is 38.3 Å². The summed E-state index contributed by atoms with van der Waals surface area (Å²) in [5, 5.41) is 0. The Morgan fingerprint density at radius 1 is 1.60 bits per heavy atom. The van der Waals surface area contributed by atoms with Gasteiger partial charge in [0.2, 0.25) is 0 Å². The summed E-state index contributed by atoms with van der Waals surface area (Å²) in [4.78, 5) is 10.9. The Bertz CT molecular complexity index is 192. The fourth-order valence-corrected chi connectivity index (χ4v) is 1.41. The van der Waals surface area contributed by atoms with Crippen molar-refractivity contribution in [3.63, 3.8) is 0 Å². The van der Waals surface area contributed by atoms with Crippen LogP contribution in [0.15, 0.2) is 0 Å². The van der Waals surface area contributed by atoms with Gasteiger partial charge < -0.3 is 14.2 Å². The van der Waals surface area contributed by atoms with Crippen molar-refractivity contribution in [3.8, 4) is 0 Å². The molecule has 5 heteroatoms. The zero-order valence-corrected chi connectivity index (χ0v) is 8.91. The molecule has 0 saturated carbocycles. The van der Waals surface area contributed by atoms with Crippen LogP contribution in [0.2, 0.25) is 0 Å². The molecule has 0 aliphatic carbocycles. The SMILES string of the molecule is CCOC(=O)C(F)OCC1CCCCO1. The van der Waals surface area contributed by atoms with Crippen LogP contribution < -0.4 is 0 Å². The zero-order chi connectivity index (χ0) is 11.1. The quantitative estimate of drug-likeness (QED) is 0.657. The summed E-state index contributed by atoms with van der Waals surface area (Å²) >= 11 is 0. The van der Waals surface area contributed by atoms with Gasteiger partial charge in [0.15, 0.2) is 0 Å². The van der Waals surface area contributed by atoms with Gasteiger partial charge in [-0.05, 0) is 26.2 Å². The summed E-state index contributed by atoms with van der Waals surface area (Å²) in [5.74, 6) is -0.965. The molecule has 0 spiro atoms. The van der Waals surface area contributed by atoms with Crippen molar-refractivity contribution in [2.24, 2.45) is 0 Å². The van der Waals surface area contributed by atoms with Crippen molar-refractivity contribution < 1.29 is 23.4 Å². The number of ether oxygens (including phenoxy) is 3. The van der Waals surface area contributed by atoms with Crippen molar-refractivity contribution in [3.05, 3.63) is 0 Å². The van der Waals surface area contributed by atoms with E-state index in [0.29, 0.717) is 6.61 Å². The van der Waals surface area contributed by atoms with Gasteiger partial charge in [-0.3, -0.25) is 0 Å². The Morgan fingerprint density at radius 3 is 3.00 bits per heavy atom. The maximum Gasteiger partial charge on any atom is 0.368 e. The molecule has 2 unspecified atom stereocenters. The Kier molecular flexibility index (Phi) is 5.57. The summed E-state index contributed by atoms with van der Waals surface area (Å²) < 4.78 is 27.5. The number of carbonyl (C=O) groups is 1. The minimum atomic E-state index is -1.99. The molecule has 1 aliphatic rings. The molecule has 0 aromatic carbocycles. The number of halogens is 1. The van der Waals surface area contributed by atoms with E-state index >= 15 is 0 Å².